The molecule has 0 spiro atoms. The second-order valence-electron chi connectivity index (χ2n) is 7.20. The summed E-state index contributed by atoms with van der Waals surface area (Å²) in [5.74, 6) is -0.284. The SMILES string of the molecule is O=C(c1ccc(-c2ccc(F)cc2)cc1)N1CC(n2cc(Cn3nccn3)nn2)C1. The van der Waals surface area contributed by atoms with Gasteiger partial charge < -0.3 is 4.90 Å². The van der Waals surface area contributed by atoms with Gasteiger partial charge >= 0.3 is 0 Å². The van der Waals surface area contributed by atoms with Gasteiger partial charge in [0, 0.05) is 18.7 Å². The van der Waals surface area contributed by atoms with Crippen LogP contribution in [0.15, 0.2) is 67.1 Å². The fourth-order valence-electron chi connectivity index (χ4n) is 3.45. The molecule has 3 heterocycles. The van der Waals surface area contributed by atoms with Crippen molar-refractivity contribution >= 4 is 5.91 Å². The number of rotatable bonds is 5. The van der Waals surface area contributed by atoms with E-state index in [1.54, 1.807) is 51.0 Å². The van der Waals surface area contributed by atoms with Gasteiger partial charge in [0.2, 0.25) is 0 Å². The van der Waals surface area contributed by atoms with Crippen LogP contribution in [-0.2, 0) is 6.54 Å². The molecule has 8 nitrogen and oxygen atoms in total. The summed E-state index contributed by atoms with van der Waals surface area (Å²) in [6.45, 7) is 1.63. The number of likely N-dealkylation sites (tertiary alicyclic amines) is 1. The number of nitrogens with zero attached hydrogens (tertiary/aromatic N) is 7. The van der Waals surface area contributed by atoms with Crippen molar-refractivity contribution in [3.63, 3.8) is 0 Å². The van der Waals surface area contributed by atoms with Crippen molar-refractivity contribution in [2.75, 3.05) is 13.1 Å². The minimum Gasteiger partial charge on any atom is -0.334 e. The first-order chi connectivity index (χ1) is 14.7. The second kappa shape index (κ2) is 7.51. The molecule has 1 aliphatic rings. The van der Waals surface area contributed by atoms with E-state index in [0.717, 1.165) is 16.8 Å². The zero-order valence-corrected chi connectivity index (χ0v) is 16.0. The van der Waals surface area contributed by atoms with Gasteiger partial charge in [-0.1, -0.05) is 29.5 Å². The lowest BCUT2D eigenvalue weighted by atomic mass is 10.0. The highest BCUT2D eigenvalue weighted by molar-refractivity contribution is 5.95. The number of hydrogen-bond donors (Lipinski definition) is 0. The van der Waals surface area contributed by atoms with Crippen molar-refractivity contribution in [1.82, 2.24) is 34.9 Å². The molecular formula is C21H18FN7O. The number of carbonyl (C=O) groups excluding carboxylic acids is 1. The second-order valence-corrected chi connectivity index (χ2v) is 7.20. The molecule has 1 aliphatic heterocycles. The summed E-state index contributed by atoms with van der Waals surface area (Å²) < 4.78 is 14.9. The van der Waals surface area contributed by atoms with Gasteiger partial charge in [-0.25, -0.2) is 9.07 Å². The molecular weight excluding hydrogens is 385 g/mol. The lowest BCUT2D eigenvalue weighted by Gasteiger charge is -2.38. The van der Waals surface area contributed by atoms with E-state index in [-0.39, 0.29) is 17.8 Å². The Bertz CT molecular complexity index is 1150. The maximum atomic E-state index is 13.1. The van der Waals surface area contributed by atoms with E-state index >= 15 is 0 Å². The summed E-state index contributed by atoms with van der Waals surface area (Å²) in [4.78, 5) is 16.1. The summed E-state index contributed by atoms with van der Waals surface area (Å²) in [6.07, 6.45) is 5.10. The zero-order valence-electron chi connectivity index (χ0n) is 16.0. The van der Waals surface area contributed by atoms with Gasteiger partial charge in [-0.2, -0.15) is 15.0 Å². The molecule has 0 unspecified atom stereocenters. The molecule has 4 aromatic rings. The van der Waals surface area contributed by atoms with Crippen molar-refractivity contribution in [2.24, 2.45) is 0 Å². The fourth-order valence-corrected chi connectivity index (χ4v) is 3.45. The predicted octanol–water partition coefficient (Wildman–Crippen LogP) is 2.42. The summed E-state index contributed by atoms with van der Waals surface area (Å²) in [5, 5.41) is 16.4. The molecule has 5 rings (SSSR count). The van der Waals surface area contributed by atoms with Crippen LogP contribution in [0, 0.1) is 5.82 Å². The third-order valence-electron chi connectivity index (χ3n) is 5.16. The quantitative estimate of drug-likeness (QED) is 0.511. The molecule has 2 aromatic carbocycles. The first kappa shape index (κ1) is 18.2. The van der Waals surface area contributed by atoms with E-state index in [2.05, 4.69) is 20.5 Å². The molecule has 0 bridgehead atoms. The van der Waals surface area contributed by atoms with Crippen LogP contribution in [-0.4, -0.2) is 53.9 Å². The number of halogens is 1. The Morgan fingerprint density at radius 1 is 0.967 bits per heavy atom. The highest BCUT2D eigenvalue weighted by Crippen LogP contribution is 2.25. The zero-order chi connectivity index (χ0) is 20.5. The molecule has 0 N–H and O–H groups in total. The molecule has 1 amide bonds. The number of hydrogen-bond acceptors (Lipinski definition) is 5. The van der Waals surface area contributed by atoms with Gasteiger partial charge in [-0.05, 0) is 35.4 Å². The molecule has 0 atom stereocenters. The predicted molar refractivity (Wildman–Crippen MR) is 106 cm³/mol. The van der Waals surface area contributed by atoms with Crippen LogP contribution >= 0.6 is 0 Å². The summed E-state index contributed by atoms with van der Waals surface area (Å²) in [5.41, 5.74) is 3.25. The minimum absolute atomic E-state index is 0.0158. The number of carbonyl (C=O) groups is 1. The molecule has 1 fully saturated rings. The Balaban J connectivity index is 1.19. The summed E-state index contributed by atoms with van der Waals surface area (Å²) in [7, 11) is 0. The Hall–Kier alpha value is -3.88. The van der Waals surface area contributed by atoms with Crippen molar-refractivity contribution < 1.29 is 9.18 Å². The molecule has 0 radical (unpaired) electrons. The molecule has 0 saturated carbocycles. The topological polar surface area (TPSA) is 81.7 Å². The third-order valence-corrected chi connectivity index (χ3v) is 5.16. The van der Waals surface area contributed by atoms with Crippen LogP contribution in [0.1, 0.15) is 22.1 Å². The van der Waals surface area contributed by atoms with E-state index < -0.39 is 0 Å². The van der Waals surface area contributed by atoms with Gasteiger partial charge in [0.25, 0.3) is 5.91 Å². The van der Waals surface area contributed by atoms with Gasteiger partial charge in [0.15, 0.2) is 0 Å². The van der Waals surface area contributed by atoms with Gasteiger partial charge in [-0.15, -0.1) is 5.10 Å². The van der Waals surface area contributed by atoms with Crippen LogP contribution in [0.3, 0.4) is 0 Å². The Morgan fingerprint density at radius 3 is 2.27 bits per heavy atom. The van der Waals surface area contributed by atoms with Gasteiger partial charge in [0.1, 0.15) is 18.1 Å². The summed E-state index contributed by atoms with van der Waals surface area (Å²) >= 11 is 0. The minimum atomic E-state index is -0.268. The first-order valence-electron chi connectivity index (χ1n) is 9.56. The Morgan fingerprint density at radius 2 is 1.60 bits per heavy atom. The Kier molecular flexibility index (Phi) is 4.55. The van der Waals surface area contributed by atoms with Crippen molar-refractivity contribution in [3.8, 4) is 11.1 Å². The maximum absolute atomic E-state index is 13.1. The van der Waals surface area contributed by atoms with Crippen molar-refractivity contribution in [1.29, 1.82) is 0 Å². The smallest absolute Gasteiger partial charge is 0.253 e. The first-order valence-corrected chi connectivity index (χ1v) is 9.56. The van der Waals surface area contributed by atoms with Crippen LogP contribution in [0.25, 0.3) is 11.1 Å². The van der Waals surface area contributed by atoms with Crippen LogP contribution in [0.2, 0.25) is 0 Å². The van der Waals surface area contributed by atoms with E-state index in [1.165, 1.54) is 12.1 Å². The number of benzene rings is 2. The largest absolute Gasteiger partial charge is 0.334 e. The highest BCUT2D eigenvalue weighted by Gasteiger charge is 2.33. The molecule has 9 heteroatoms. The lowest BCUT2D eigenvalue weighted by Crippen LogP contribution is -2.50. The van der Waals surface area contributed by atoms with E-state index in [4.69, 9.17) is 0 Å². The highest BCUT2D eigenvalue weighted by atomic mass is 19.1. The monoisotopic (exact) mass is 403 g/mol. The third kappa shape index (κ3) is 3.57. The normalized spacial score (nSPS) is 14.0. The molecule has 2 aromatic heterocycles. The average molecular weight is 403 g/mol. The number of amides is 1. The molecule has 150 valence electrons. The van der Waals surface area contributed by atoms with Crippen LogP contribution < -0.4 is 0 Å². The summed E-state index contributed by atoms with van der Waals surface area (Å²) in [6, 6.07) is 13.8. The average Bonchev–Trinajstić information content (AvgIpc) is 3.40. The van der Waals surface area contributed by atoms with E-state index in [9.17, 15) is 9.18 Å². The fraction of sp³-hybridized carbons (Fsp3) is 0.190. The van der Waals surface area contributed by atoms with Crippen molar-refractivity contribution in [2.45, 2.75) is 12.6 Å². The van der Waals surface area contributed by atoms with Gasteiger partial charge in [0.05, 0.1) is 24.6 Å². The number of aromatic nitrogens is 6. The lowest BCUT2D eigenvalue weighted by molar-refractivity contribution is 0.0498. The van der Waals surface area contributed by atoms with E-state index in [1.807, 2.05) is 18.3 Å². The Labute approximate surface area is 171 Å². The molecule has 1 saturated heterocycles. The van der Waals surface area contributed by atoms with Gasteiger partial charge in [-0.3, -0.25) is 4.79 Å². The van der Waals surface area contributed by atoms with E-state index in [0.29, 0.717) is 25.2 Å². The molecule has 30 heavy (non-hydrogen) atoms. The molecule has 0 aliphatic carbocycles. The maximum Gasteiger partial charge on any atom is 0.253 e. The standard InChI is InChI=1S/C21H18FN7O/c22-18-7-5-16(6-8-18)15-1-3-17(4-2-15)21(30)27-13-20(14-27)28-11-19(25-26-28)12-29-23-9-10-24-29/h1-11,20H,12-14H2. The van der Waals surface area contributed by atoms with Crippen LogP contribution in [0.5, 0.6) is 0 Å². The van der Waals surface area contributed by atoms with Crippen LogP contribution in [0.4, 0.5) is 4.39 Å². The van der Waals surface area contributed by atoms with Crippen molar-refractivity contribution in [3.05, 3.63) is 84.2 Å².